The van der Waals surface area contributed by atoms with Crippen LogP contribution >= 0.6 is 79.4 Å². The quantitative estimate of drug-likeness (QED) is 0.147. The molecule has 0 amide bonds. The largest absolute Gasteiger partial charge is 0.456 e. The maximum absolute atomic E-state index is 5.73. The van der Waals surface area contributed by atoms with E-state index in [0.717, 1.165) is 11.2 Å². The molecule has 0 saturated heterocycles. The van der Waals surface area contributed by atoms with Crippen molar-refractivity contribution in [2.45, 2.75) is 83.1 Å². The average molecular weight is 1940 g/mol. The Kier molecular flexibility index (Phi) is 32.6. The van der Waals surface area contributed by atoms with Gasteiger partial charge in [-0.2, -0.15) is 0 Å². The van der Waals surface area contributed by atoms with E-state index in [1.165, 1.54) is 219 Å². The third-order valence-electron chi connectivity index (χ3n) is 24.3. The third-order valence-corrected chi connectivity index (χ3v) is 32.7. The van der Waals surface area contributed by atoms with Crippen molar-refractivity contribution in [3.8, 4) is 0 Å². The minimum atomic E-state index is 0.969. The van der Waals surface area contributed by atoms with Crippen molar-refractivity contribution >= 4 is 243 Å². The van der Waals surface area contributed by atoms with Gasteiger partial charge >= 0.3 is 0 Å². The van der Waals surface area contributed by atoms with Crippen molar-refractivity contribution in [3.63, 3.8) is 0 Å². The minimum Gasteiger partial charge on any atom is -0.456 e. The van der Waals surface area contributed by atoms with Crippen LogP contribution in [0.25, 0.3) is 163 Å². The van der Waals surface area contributed by atoms with E-state index in [9.17, 15) is 0 Å². The molecule has 20 aromatic carbocycles. The van der Waals surface area contributed by atoms with Crippen molar-refractivity contribution in [1.29, 1.82) is 0 Å². The molecule has 0 radical (unpaired) electrons. The Morgan fingerprint density at radius 3 is 0.743 bits per heavy atom. The Morgan fingerprint density at radius 2 is 0.364 bits per heavy atom. The lowest BCUT2D eigenvalue weighted by atomic mass is 10.1. The van der Waals surface area contributed by atoms with Gasteiger partial charge in [-0.15, -0.1) is 79.4 Å². The normalized spacial score (nSPS) is 10.7. The van der Waals surface area contributed by atoms with E-state index in [-0.39, 0.29) is 0 Å². The summed E-state index contributed by atoms with van der Waals surface area (Å²) in [5.41, 5.74) is 18.0. The molecule has 8 heteroatoms. The van der Waals surface area contributed by atoms with Gasteiger partial charge in [0.1, 0.15) is 11.2 Å². The molecular weight excluding hydrogens is 1830 g/mol. The van der Waals surface area contributed by atoms with Crippen LogP contribution in [0, 0.1) is 83.1 Å². The zero-order valence-corrected chi connectivity index (χ0v) is 86.9. The van der Waals surface area contributed by atoms with E-state index >= 15 is 0 Å². The number of thiophene rings is 7. The number of fused-ring (bicyclic) bond motifs is 24. The molecule has 1 nitrogen and oxygen atoms in total. The van der Waals surface area contributed by atoms with Gasteiger partial charge in [0.25, 0.3) is 0 Å². The molecule has 0 aliphatic heterocycles. The molecule has 0 saturated carbocycles. The van der Waals surface area contributed by atoms with Crippen LogP contribution in [0.2, 0.25) is 0 Å². The second-order valence-electron chi connectivity index (χ2n) is 35.2. The molecule has 28 rings (SSSR count). The van der Waals surface area contributed by atoms with Crippen molar-refractivity contribution in [2.75, 3.05) is 0 Å². The molecule has 0 aliphatic rings. The van der Waals surface area contributed by atoms with Crippen molar-refractivity contribution < 1.29 is 4.42 Å². The predicted molar refractivity (Wildman–Crippen MR) is 632 cm³/mol. The second kappa shape index (κ2) is 46.9. The van der Waals surface area contributed by atoms with E-state index in [0.29, 0.717) is 0 Å². The van der Waals surface area contributed by atoms with Gasteiger partial charge in [0, 0.05) is 152 Å². The zero-order chi connectivity index (χ0) is 96.8. The highest BCUT2D eigenvalue weighted by molar-refractivity contribution is 7.28. The highest BCUT2D eigenvalue weighted by atomic mass is 32.1. The van der Waals surface area contributed by atoms with Crippen molar-refractivity contribution in [2.24, 2.45) is 0 Å². The number of aryl methyl sites for hydroxylation is 12. The van der Waals surface area contributed by atoms with Gasteiger partial charge in [0.05, 0.1) is 0 Å². The summed E-state index contributed by atoms with van der Waals surface area (Å²) < 4.78 is 25.2. The summed E-state index contributed by atoms with van der Waals surface area (Å²) in [7, 11) is 0. The Morgan fingerprint density at radius 1 is 0.129 bits per heavy atom. The summed E-state index contributed by atoms with van der Waals surface area (Å²) in [6, 6.07) is 162. The van der Waals surface area contributed by atoms with E-state index in [1.807, 2.05) is 182 Å². The topological polar surface area (TPSA) is 13.1 Å². The lowest BCUT2D eigenvalue weighted by Gasteiger charge is -1.95. The molecule has 688 valence electrons. The number of hydrogen-bond acceptors (Lipinski definition) is 8. The molecule has 8 aromatic heterocycles. The summed E-state index contributed by atoms with van der Waals surface area (Å²) in [6.07, 6.45) is 0. The van der Waals surface area contributed by atoms with Crippen LogP contribution in [0.1, 0.15) is 66.8 Å². The number of hydrogen-bond donors (Lipinski definition) is 0. The van der Waals surface area contributed by atoms with Gasteiger partial charge in [-0.1, -0.05) is 397 Å². The summed E-state index contributed by atoms with van der Waals surface area (Å²) in [4.78, 5) is 0. The van der Waals surface area contributed by atoms with Crippen LogP contribution in [0.4, 0.5) is 0 Å². The van der Waals surface area contributed by atoms with Crippen molar-refractivity contribution in [1.82, 2.24) is 0 Å². The first-order valence-electron chi connectivity index (χ1n) is 47.5. The maximum Gasteiger partial charge on any atom is 0.135 e. The van der Waals surface area contributed by atoms with E-state index < -0.39 is 0 Å². The fourth-order valence-corrected chi connectivity index (χ4v) is 25.3. The molecule has 0 aliphatic carbocycles. The van der Waals surface area contributed by atoms with Crippen LogP contribution in [0.15, 0.2) is 465 Å². The molecule has 8 heterocycles. The van der Waals surface area contributed by atoms with Crippen LogP contribution in [0.3, 0.4) is 0 Å². The summed E-state index contributed by atoms with van der Waals surface area (Å²) in [5, 5.41) is 21.9. The Hall–Kier alpha value is -14.3. The van der Waals surface area contributed by atoms with Gasteiger partial charge < -0.3 is 4.42 Å². The summed E-state index contributed by atoms with van der Waals surface area (Å²) in [5.74, 6) is 0. The molecule has 140 heavy (non-hydrogen) atoms. The molecule has 28 aromatic rings. The van der Waals surface area contributed by atoms with E-state index in [1.54, 1.807) is 0 Å². The van der Waals surface area contributed by atoms with Gasteiger partial charge in [0.2, 0.25) is 0 Å². The van der Waals surface area contributed by atoms with Gasteiger partial charge in [0.15, 0.2) is 0 Å². The van der Waals surface area contributed by atoms with Gasteiger partial charge in [-0.05, 0) is 214 Å². The van der Waals surface area contributed by atoms with Gasteiger partial charge in [-0.25, -0.2) is 0 Å². The Labute approximate surface area is 850 Å². The Balaban J connectivity index is 0.000000106. The zero-order valence-electron chi connectivity index (χ0n) is 81.1. The lowest BCUT2D eigenvalue weighted by Crippen LogP contribution is -1.72. The molecule has 0 unspecified atom stereocenters. The van der Waals surface area contributed by atoms with E-state index in [2.05, 4.69) is 441 Å². The SMILES string of the molecule is Cc1ccc2c(c1)sc1ccccc12.Cc1ccc2c(c1)sc1ccccc12.Cc1ccc2sc3ccccc3c2c1.Cc1ccc2sc3ccccc3c2c1.Cc1cccc2c1sc1ccccc12.Cc1cccc2c1sc1ccccc12.Cc1cccc2oc3ccccc3c12.Cc1cccc2sc3ccccc3c12.Cc1ccccc1.Cc1ccccc1.Cc1ccccc1.Cc1ccccc1. The van der Waals surface area contributed by atoms with Crippen LogP contribution in [-0.2, 0) is 0 Å². The molecular formula is C132H112OS7. The Bertz CT molecular complexity index is 8320. The average Bonchev–Trinajstić information content (AvgIpc) is 1.63. The predicted octanol–water partition coefficient (Wildman–Crippen LogP) is 42.4. The fraction of sp³-hybridized carbons (Fsp3) is 0.0909. The highest BCUT2D eigenvalue weighted by Crippen LogP contribution is 2.42. The maximum atomic E-state index is 5.73. The van der Waals surface area contributed by atoms with Crippen LogP contribution < -0.4 is 0 Å². The standard InChI is InChI=1S/C13H10O.7C13H10S.4C7H8/c1-9-5-4-8-12-13(9)10-6-2-3-7-11(10)14-12;2*1-9-5-4-7-11-10-6-2-3-8-12(10)14-13(9)11;1-9-5-4-8-12-13(9)10-6-2-3-7-11(10)14-12;2*1-9-6-7-13-11(8-9)10-4-2-3-5-12(10)14-13;2*1-9-6-7-11-10-4-2-3-5-12(10)14-13(11)8-9;4*1-7-5-3-2-4-6-7/h8*2-8H,1H3;4*2-6H,1H3. The molecule has 0 bridgehead atoms. The third kappa shape index (κ3) is 24.2. The lowest BCUT2D eigenvalue weighted by molar-refractivity contribution is 0.669. The summed E-state index contributed by atoms with van der Waals surface area (Å²) >= 11 is 13.1. The van der Waals surface area contributed by atoms with Gasteiger partial charge in [-0.3, -0.25) is 0 Å². The first-order chi connectivity index (χ1) is 68.4. The summed E-state index contributed by atoms with van der Waals surface area (Å²) in [6.45, 7) is 25.6. The minimum absolute atomic E-state index is 0.969. The number of furan rings is 1. The number of para-hydroxylation sites is 1. The molecule has 0 atom stereocenters. The monoisotopic (exact) mass is 1940 g/mol. The molecule has 0 fully saturated rings. The van der Waals surface area contributed by atoms with Crippen LogP contribution in [-0.4, -0.2) is 0 Å². The molecule has 0 N–H and O–H groups in total. The van der Waals surface area contributed by atoms with Crippen LogP contribution in [0.5, 0.6) is 0 Å². The smallest absolute Gasteiger partial charge is 0.135 e. The van der Waals surface area contributed by atoms with E-state index in [4.69, 9.17) is 4.42 Å². The fourth-order valence-electron chi connectivity index (χ4n) is 17.2. The first-order valence-corrected chi connectivity index (χ1v) is 53.2. The highest BCUT2D eigenvalue weighted by Gasteiger charge is 2.13. The number of rotatable bonds is 0. The first kappa shape index (κ1) is 97.4. The second-order valence-corrected chi connectivity index (χ2v) is 42.7. The number of benzene rings is 20. The molecule has 0 spiro atoms. The van der Waals surface area contributed by atoms with Crippen molar-refractivity contribution in [3.05, 3.63) is 528 Å².